The average molecular weight is 293 g/mol. The maximum atomic E-state index is 12.2. The number of fused-ring (bicyclic) bond motifs is 1. The number of H-pyrrole nitrogens is 1. The topological polar surface area (TPSA) is 78.0 Å². The first-order valence-electron chi connectivity index (χ1n) is 6.37. The number of hydrogen-bond acceptors (Lipinski definition) is 4. The van der Waals surface area contributed by atoms with Crippen molar-refractivity contribution in [2.45, 2.75) is 19.4 Å². The van der Waals surface area contributed by atoms with Gasteiger partial charge in [-0.3, -0.25) is 9.89 Å². The van der Waals surface area contributed by atoms with Crippen LogP contribution < -0.4 is 5.32 Å². The quantitative estimate of drug-likeness (QED) is 0.784. The predicted octanol–water partition coefficient (Wildman–Crippen LogP) is 1.72. The fourth-order valence-corrected chi connectivity index (χ4v) is 2.74. The van der Waals surface area contributed by atoms with Crippen molar-refractivity contribution in [1.29, 1.82) is 0 Å². The average Bonchev–Trinajstić information content (AvgIpc) is 2.79. The number of aromatic amines is 1. The molecule has 0 saturated heterocycles. The molecule has 1 atom stereocenters. The standard InChI is InChI=1S/C14H19N3O2S/c1-9-4-5-11-10(6-9)12(17-16-11)13(18)15-7-14(2,19)8-20-3/h4-6,19H,7-8H2,1-3H3,(H,15,18)(H,16,17). The monoisotopic (exact) mass is 293 g/mol. The number of hydrogen-bond donors (Lipinski definition) is 3. The summed E-state index contributed by atoms with van der Waals surface area (Å²) in [6.07, 6.45) is 1.92. The molecule has 0 spiro atoms. The highest BCUT2D eigenvalue weighted by Crippen LogP contribution is 2.17. The highest BCUT2D eigenvalue weighted by atomic mass is 32.2. The van der Waals surface area contributed by atoms with Gasteiger partial charge in [0.15, 0.2) is 5.69 Å². The van der Waals surface area contributed by atoms with Crippen molar-refractivity contribution in [2.24, 2.45) is 0 Å². The van der Waals surface area contributed by atoms with E-state index < -0.39 is 5.60 Å². The summed E-state index contributed by atoms with van der Waals surface area (Å²) in [4.78, 5) is 12.2. The van der Waals surface area contributed by atoms with Crippen LogP contribution in [0.3, 0.4) is 0 Å². The van der Waals surface area contributed by atoms with Crippen molar-refractivity contribution in [3.8, 4) is 0 Å². The molecule has 3 N–H and O–H groups in total. The van der Waals surface area contributed by atoms with Gasteiger partial charge in [-0.1, -0.05) is 11.6 Å². The van der Waals surface area contributed by atoms with Gasteiger partial charge in [0.25, 0.3) is 5.91 Å². The number of nitrogens with zero attached hydrogens (tertiary/aromatic N) is 1. The predicted molar refractivity (Wildman–Crippen MR) is 82.2 cm³/mol. The van der Waals surface area contributed by atoms with Crippen molar-refractivity contribution in [2.75, 3.05) is 18.6 Å². The van der Waals surface area contributed by atoms with Gasteiger partial charge in [-0.25, -0.2) is 0 Å². The lowest BCUT2D eigenvalue weighted by Crippen LogP contribution is -2.42. The Morgan fingerprint density at radius 2 is 2.30 bits per heavy atom. The lowest BCUT2D eigenvalue weighted by molar-refractivity contribution is 0.0723. The fourth-order valence-electron chi connectivity index (χ4n) is 2.02. The summed E-state index contributed by atoms with van der Waals surface area (Å²) in [5.41, 5.74) is 1.35. The first-order chi connectivity index (χ1) is 9.43. The Balaban J connectivity index is 2.14. The number of aryl methyl sites for hydroxylation is 1. The Bertz CT molecular complexity index is 622. The zero-order valence-corrected chi connectivity index (χ0v) is 12.7. The van der Waals surface area contributed by atoms with E-state index in [1.807, 2.05) is 31.4 Å². The van der Waals surface area contributed by atoms with E-state index in [0.29, 0.717) is 11.4 Å². The van der Waals surface area contributed by atoms with E-state index in [-0.39, 0.29) is 12.5 Å². The zero-order chi connectivity index (χ0) is 14.8. The molecule has 0 bridgehead atoms. The van der Waals surface area contributed by atoms with Gasteiger partial charge in [0.1, 0.15) is 0 Å². The summed E-state index contributed by atoms with van der Waals surface area (Å²) in [5.74, 6) is 0.288. The summed E-state index contributed by atoms with van der Waals surface area (Å²) in [5, 5.41) is 20.5. The van der Waals surface area contributed by atoms with E-state index >= 15 is 0 Å². The van der Waals surface area contributed by atoms with Crippen molar-refractivity contribution in [3.63, 3.8) is 0 Å². The number of benzene rings is 1. The molecule has 0 aliphatic carbocycles. The zero-order valence-electron chi connectivity index (χ0n) is 11.9. The Labute approximate surface area is 122 Å². The molecule has 1 aromatic heterocycles. The Kier molecular flexibility index (Phi) is 4.35. The Morgan fingerprint density at radius 1 is 1.55 bits per heavy atom. The molecule has 6 heteroatoms. The number of thioether (sulfide) groups is 1. The molecule has 0 saturated carbocycles. The molecule has 1 amide bonds. The maximum absolute atomic E-state index is 12.2. The Morgan fingerprint density at radius 3 is 3.00 bits per heavy atom. The van der Waals surface area contributed by atoms with E-state index in [1.165, 1.54) is 11.8 Å². The third kappa shape index (κ3) is 3.32. The molecule has 2 aromatic rings. The summed E-state index contributed by atoms with van der Waals surface area (Å²) < 4.78 is 0. The number of carbonyl (C=O) groups excluding carboxylic acids is 1. The molecule has 1 heterocycles. The number of aromatic nitrogens is 2. The van der Waals surface area contributed by atoms with Crippen LogP contribution in [0.5, 0.6) is 0 Å². The molecule has 0 aliphatic rings. The van der Waals surface area contributed by atoms with Gasteiger partial charge in [-0.05, 0) is 32.2 Å². The van der Waals surface area contributed by atoms with Crippen LogP contribution in [0.4, 0.5) is 0 Å². The van der Waals surface area contributed by atoms with E-state index in [0.717, 1.165) is 16.5 Å². The van der Waals surface area contributed by atoms with Crippen LogP contribution in [-0.4, -0.2) is 45.4 Å². The van der Waals surface area contributed by atoms with Crippen molar-refractivity contribution in [1.82, 2.24) is 15.5 Å². The molecule has 0 radical (unpaired) electrons. The molecule has 0 aliphatic heterocycles. The summed E-state index contributed by atoms with van der Waals surface area (Å²) in [6, 6.07) is 5.79. The molecule has 1 aromatic carbocycles. The van der Waals surface area contributed by atoms with E-state index in [9.17, 15) is 9.90 Å². The third-order valence-electron chi connectivity index (χ3n) is 3.02. The van der Waals surface area contributed by atoms with Gasteiger partial charge in [-0.15, -0.1) is 0 Å². The lowest BCUT2D eigenvalue weighted by atomic mass is 10.1. The van der Waals surface area contributed by atoms with Gasteiger partial charge >= 0.3 is 0 Å². The SMILES string of the molecule is CSCC(C)(O)CNC(=O)c1n[nH]c2ccc(C)cc12. The first-order valence-corrected chi connectivity index (χ1v) is 7.76. The highest BCUT2D eigenvalue weighted by molar-refractivity contribution is 7.98. The second-order valence-electron chi connectivity index (χ2n) is 5.23. The summed E-state index contributed by atoms with van der Waals surface area (Å²) >= 11 is 1.54. The number of carbonyl (C=O) groups is 1. The maximum Gasteiger partial charge on any atom is 0.272 e. The minimum atomic E-state index is -0.920. The molecule has 5 nitrogen and oxygen atoms in total. The van der Waals surface area contributed by atoms with Crippen LogP contribution in [0, 0.1) is 6.92 Å². The number of rotatable bonds is 5. The number of amides is 1. The van der Waals surface area contributed by atoms with Gasteiger partial charge in [-0.2, -0.15) is 16.9 Å². The van der Waals surface area contributed by atoms with E-state index in [1.54, 1.807) is 6.92 Å². The fraction of sp³-hybridized carbons (Fsp3) is 0.429. The molecular formula is C14H19N3O2S. The van der Waals surface area contributed by atoms with Gasteiger partial charge in [0, 0.05) is 17.7 Å². The second kappa shape index (κ2) is 5.85. The van der Waals surface area contributed by atoms with E-state index in [4.69, 9.17) is 0 Å². The third-order valence-corrected chi connectivity index (χ3v) is 3.93. The first kappa shape index (κ1) is 14.9. The molecular weight excluding hydrogens is 274 g/mol. The van der Waals surface area contributed by atoms with Gasteiger partial charge in [0.2, 0.25) is 0 Å². The molecule has 108 valence electrons. The van der Waals surface area contributed by atoms with Crippen LogP contribution in [0.1, 0.15) is 23.0 Å². The summed E-state index contributed by atoms with van der Waals surface area (Å²) in [6.45, 7) is 3.88. The van der Waals surface area contributed by atoms with Crippen LogP contribution in [0.2, 0.25) is 0 Å². The van der Waals surface area contributed by atoms with Gasteiger partial charge in [0.05, 0.1) is 11.1 Å². The van der Waals surface area contributed by atoms with Crippen molar-refractivity contribution < 1.29 is 9.90 Å². The molecule has 0 fully saturated rings. The second-order valence-corrected chi connectivity index (χ2v) is 6.10. The minimum Gasteiger partial charge on any atom is -0.387 e. The van der Waals surface area contributed by atoms with Crippen molar-refractivity contribution >= 4 is 28.6 Å². The summed E-state index contributed by atoms with van der Waals surface area (Å²) in [7, 11) is 0. The number of nitrogens with one attached hydrogen (secondary N) is 2. The highest BCUT2D eigenvalue weighted by Gasteiger charge is 2.22. The largest absolute Gasteiger partial charge is 0.387 e. The van der Waals surface area contributed by atoms with Crippen LogP contribution in [0.25, 0.3) is 10.9 Å². The lowest BCUT2D eigenvalue weighted by Gasteiger charge is -2.22. The molecule has 2 rings (SSSR count). The van der Waals surface area contributed by atoms with Crippen LogP contribution >= 0.6 is 11.8 Å². The van der Waals surface area contributed by atoms with Crippen LogP contribution in [-0.2, 0) is 0 Å². The smallest absolute Gasteiger partial charge is 0.272 e. The Hall–Kier alpha value is -1.53. The number of aliphatic hydroxyl groups is 1. The van der Waals surface area contributed by atoms with Crippen molar-refractivity contribution in [3.05, 3.63) is 29.5 Å². The normalized spacial score (nSPS) is 14.2. The van der Waals surface area contributed by atoms with E-state index in [2.05, 4.69) is 15.5 Å². The van der Waals surface area contributed by atoms with Gasteiger partial charge < -0.3 is 10.4 Å². The molecule has 1 unspecified atom stereocenters. The molecule has 20 heavy (non-hydrogen) atoms. The minimum absolute atomic E-state index is 0.201. The van der Waals surface area contributed by atoms with Crippen LogP contribution in [0.15, 0.2) is 18.2 Å².